The fourth-order valence-electron chi connectivity index (χ4n) is 8.69. The molecule has 0 aliphatic heterocycles. The molecule has 11 rings (SSSR count). The minimum absolute atomic E-state index is 0.0100. The van der Waals surface area contributed by atoms with E-state index in [4.69, 9.17) is 15.0 Å². The third-order valence-corrected chi connectivity index (χ3v) is 11.2. The molecule has 0 N–H and O–H groups in total. The smallest absolute Gasteiger partial charge is 0.247 e. The zero-order chi connectivity index (χ0) is 39.0. The number of hydrogen-bond donors (Lipinski definition) is 0. The van der Waals surface area contributed by atoms with Gasteiger partial charge < -0.3 is 0 Å². The molecular formula is C52H30F3N3. The Morgan fingerprint density at radius 1 is 0.328 bits per heavy atom. The third-order valence-electron chi connectivity index (χ3n) is 11.2. The van der Waals surface area contributed by atoms with Crippen molar-refractivity contribution < 1.29 is 13.2 Å². The van der Waals surface area contributed by atoms with Crippen LogP contribution in [-0.2, 0) is 6.18 Å². The average molecular weight is 754 g/mol. The van der Waals surface area contributed by atoms with Crippen LogP contribution >= 0.6 is 0 Å². The zero-order valence-corrected chi connectivity index (χ0v) is 30.8. The Morgan fingerprint density at radius 3 is 1.43 bits per heavy atom. The Labute approximate surface area is 330 Å². The molecule has 0 bridgehead atoms. The predicted molar refractivity (Wildman–Crippen MR) is 232 cm³/mol. The molecule has 0 amide bonds. The van der Waals surface area contributed by atoms with E-state index in [1.807, 2.05) is 127 Å². The molecule has 3 nitrogen and oxygen atoms in total. The first-order chi connectivity index (χ1) is 28.4. The lowest BCUT2D eigenvalue weighted by atomic mass is 9.88. The van der Waals surface area contributed by atoms with E-state index in [-0.39, 0.29) is 16.6 Å². The van der Waals surface area contributed by atoms with Crippen LogP contribution in [0.1, 0.15) is 5.56 Å². The Kier molecular flexibility index (Phi) is 7.63. The number of fused-ring (bicyclic) bond motifs is 11. The molecule has 58 heavy (non-hydrogen) atoms. The topological polar surface area (TPSA) is 38.7 Å². The predicted octanol–water partition coefficient (Wildman–Crippen LogP) is 14.5. The van der Waals surface area contributed by atoms with Crippen LogP contribution in [-0.4, -0.2) is 15.0 Å². The van der Waals surface area contributed by atoms with E-state index in [1.54, 1.807) is 0 Å². The van der Waals surface area contributed by atoms with Crippen LogP contribution in [0.5, 0.6) is 0 Å². The Bertz CT molecular complexity index is 3400. The first kappa shape index (κ1) is 33.9. The summed E-state index contributed by atoms with van der Waals surface area (Å²) in [4.78, 5) is 15.4. The van der Waals surface area contributed by atoms with Crippen molar-refractivity contribution in [2.75, 3.05) is 0 Å². The largest absolute Gasteiger partial charge is 0.417 e. The number of halogens is 3. The van der Waals surface area contributed by atoms with Crippen LogP contribution in [0, 0.1) is 0 Å². The first-order valence-corrected chi connectivity index (χ1v) is 19.1. The van der Waals surface area contributed by atoms with Gasteiger partial charge in [-0.1, -0.05) is 164 Å². The maximum Gasteiger partial charge on any atom is 0.417 e. The molecule has 0 aliphatic carbocycles. The van der Waals surface area contributed by atoms with Crippen LogP contribution in [0.3, 0.4) is 0 Å². The standard InChI is InChI=1S/C52H30F3N3/c53-52(54,55)43-30-45-51(58-49(32-17-5-2-6-18-32)48(57-45)31-15-3-1-4-16-31)46-41-25-13-14-26-44(41)56-50(47(43)46)40-24-12-7-19-34(40)33-27-28-39-37-22-9-8-20-35(37)36-21-10-11-23-38(36)42(39)29-33/h1-30H. The summed E-state index contributed by atoms with van der Waals surface area (Å²) in [5.41, 5.74) is 5.41. The fraction of sp³-hybridized carbons (Fsp3) is 0.0192. The average Bonchev–Trinajstić information content (AvgIpc) is 3.28. The van der Waals surface area contributed by atoms with Crippen molar-refractivity contribution >= 4 is 65.0 Å². The number of para-hydroxylation sites is 1. The summed E-state index contributed by atoms with van der Waals surface area (Å²) in [5.74, 6) is 0. The van der Waals surface area contributed by atoms with Crippen LogP contribution in [0.15, 0.2) is 182 Å². The summed E-state index contributed by atoms with van der Waals surface area (Å²) in [7, 11) is 0. The van der Waals surface area contributed by atoms with Gasteiger partial charge in [0.15, 0.2) is 0 Å². The van der Waals surface area contributed by atoms with Crippen molar-refractivity contribution in [3.63, 3.8) is 0 Å². The SMILES string of the molecule is FC(F)(F)c1cc2nc(-c3ccccc3)c(-c3ccccc3)nc2c2c1c(-c1ccccc1-c1ccc3c4ccccc4c4ccccc4c3c1)nc1ccccc12. The van der Waals surface area contributed by atoms with Gasteiger partial charge in [-0.3, -0.25) is 0 Å². The highest BCUT2D eigenvalue weighted by Gasteiger charge is 2.36. The lowest BCUT2D eigenvalue weighted by molar-refractivity contribution is -0.136. The van der Waals surface area contributed by atoms with Crippen molar-refractivity contribution in [1.82, 2.24) is 15.0 Å². The third kappa shape index (κ3) is 5.33. The van der Waals surface area contributed by atoms with Gasteiger partial charge in [0.25, 0.3) is 0 Å². The van der Waals surface area contributed by atoms with Gasteiger partial charge in [-0.25, -0.2) is 15.0 Å². The number of hydrogen-bond acceptors (Lipinski definition) is 3. The molecule has 2 heterocycles. The molecule has 0 fully saturated rings. The molecule has 0 saturated heterocycles. The molecule has 9 aromatic carbocycles. The summed E-state index contributed by atoms with van der Waals surface area (Å²) in [6.07, 6.45) is -4.74. The highest BCUT2D eigenvalue weighted by Crippen LogP contribution is 2.47. The van der Waals surface area contributed by atoms with Crippen LogP contribution in [0.4, 0.5) is 13.2 Å². The lowest BCUT2D eigenvalue weighted by Gasteiger charge is -2.20. The number of rotatable bonds is 4. The van der Waals surface area contributed by atoms with Crippen molar-refractivity contribution in [1.29, 1.82) is 0 Å². The number of aromatic nitrogens is 3. The van der Waals surface area contributed by atoms with Crippen molar-refractivity contribution in [2.24, 2.45) is 0 Å². The molecule has 0 aliphatic rings. The molecule has 6 heteroatoms. The highest BCUT2D eigenvalue weighted by atomic mass is 19.4. The Hall–Kier alpha value is -7.44. The molecule has 0 spiro atoms. The summed E-state index contributed by atoms with van der Waals surface area (Å²) >= 11 is 0. The second kappa shape index (κ2) is 13.1. The molecular weight excluding hydrogens is 724 g/mol. The quantitative estimate of drug-likeness (QED) is 0.168. The minimum atomic E-state index is -4.74. The van der Waals surface area contributed by atoms with Crippen molar-refractivity contribution in [3.8, 4) is 44.9 Å². The molecule has 11 aromatic rings. The number of alkyl halides is 3. The van der Waals surface area contributed by atoms with Gasteiger partial charge in [-0.05, 0) is 61.6 Å². The van der Waals surface area contributed by atoms with Gasteiger partial charge in [0.05, 0.1) is 39.2 Å². The second-order valence-electron chi connectivity index (χ2n) is 14.6. The van der Waals surface area contributed by atoms with Gasteiger partial charge in [-0.15, -0.1) is 0 Å². The summed E-state index contributed by atoms with van der Waals surface area (Å²) in [6, 6.07) is 58.4. The minimum Gasteiger partial charge on any atom is -0.247 e. The molecule has 0 unspecified atom stereocenters. The number of pyridine rings is 1. The second-order valence-corrected chi connectivity index (χ2v) is 14.6. The zero-order valence-electron chi connectivity index (χ0n) is 30.8. The lowest BCUT2D eigenvalue weighted by Crippen LogP contribution is -2.09. The summed E-state index contributed by atoms with van der Waals surface area (Å²) in [6.45, 7) is 0. The van der Waals surface area contributed by atoms with E-state index in [0.717, 1.165) is 55.3 Å². The Morgan fingerprint density at radius 2 is 0.810 bits per heavy atom. The van der Waals surface area contributed by atoms with Crippen LogP contribution in [0.25, 0.3) is 110 Å². The van der Waals surface area contributed by atoms with Crippen LogP contribution < -0.4 is 0 Å². The van der Waals surface area contributed by atoms with E-state index in [0.29, 0.717) is 38.8 Å². The molecule has 274 valence electrons. The maximum atomic E-state index is 15.7. The van der Waals surface area contributed by atoms with Gasteiger partial charge in [-0.2, -0.15) is 13.2 Å². The number of nitrogens with zero attached hydrogens (tertiary/aromatic N) is 3. The normalized spacial score (nSPS) is 12.1. The van der Waals surface area contributed by atoms with E-state index in [9.17, 15) is 0 Å². The Balaban J connectivity index is 1.25. The highest BCUT2D eigenvalue weighted by molar-refractivity contribution is 6.26. The van der Waals surface area contributed by atoms with Crippen molar-refractivity contribution in [3.05, 3.63) is 188 Å². The van der Waals surface area contributed by atoms with Gasteiger partial charge >= 0.3 is 6.18 Å². The summed E-state index contributed by atoms with van der Waals surface area (Å²) in [5, 5.41) is 7.67. The van der Waals surface area contributed by atoms with E-state index >= 15 is 13.2 Å². The van der Waals surface area contributed by atoms with E-state index in [1.165, 1.54) is 5.39 Å². The van der Waals surface area contributed by atoms with Gasteiger partial charge in [0, 0.05) is 32.8 Å². The summed E-state index contributed by atoms with van der Waals surface area (Å²) < 4.78 is 47.1. The molecule has 0 atom stereocenters. The molecule has 0 radical (unpaired) electrons. The molecule has 2 aromatic heterocycles. The van der Waals surface area contributed by atoms with Crippen LogP contribution in [0.2, 0.25) is 0 Å². The first-order valence-electron chi connectivity index (χ1n) is 19.1. The van der Waals surface area contributed by atoms with Gasteiger partial charge in [0.1, 0.15) is 0 Å². The fourth-order valence-corrected chi connectivity index (χ4v) is 8.69. The van der Waals surface area contributed by atoms with E-state index in [2.05, 4.69) is 48.5 Å². The maximum absolute atomic E-state index is 15.7. The van der Waals surface area contributed by atoms with Gasteiger partial charge in [0.2, 0.25) is 0 Å². The molecule has 0 saturated carbocycles. The van der Waals surface area contributed by atoms with E-state index < -0.39 is 11.7 Å². The monoisotopic (exact) mass is 753 g/mol. The number of benzene rings is 9. The van der Waals surface area contributed by atoms with Crippen molar-refractivity contribution in [2.45, 2.75) is 6.18 Å².